The Morgan fingerprint density at radius 3 is 2.67 bits per heavy atom. The van der Waals surface area contributed by atoms with E-state index in [4.69, 9.17) is 4.52 Å². The number of likely N-dealkylation sites (tertiary alicyclic amines) is 2. The van der Waals surface area contributed by atoms with Crippen LogP contribution in [-0.2, 0) is 11.3 Å². The van der Waals surface area contributed by atoms with Crippen LogP contribution < -0.4 is 10.2 Å². The number of carbonyl (C=O) groups excluding carboxylic acids is 2. The van der Waals surface area contributed by atoms with Crippen molar-refractivity contribution < 1.29 is 14.1 Å². The van der Waals surface area contributed by atoms with Crippen molar-refractivity contribution in [3.05, 3.63) is 5.89 Å². The summed E-state index contributed by atoms with van der Waals surface area (Å²) in [6, 6.07) is 0.147. The van der Waals surface area contributed by atoms with Gasteiger partial charge in [0.2, 0.25) is 11.8 Å². The van der Waals surface area contributed by atoms with Gasteiger partial charge in [0.15, 0.2) is 0 Å². The minimum absolute atomic E-state index is 0.134. The average molecular weight is 336 g/mol. The molecule has 24 heavy (non-hydrogen) atoms. The third-order valence-corrected chi connectivity index (χ3v) is 4.55. The van der Waals surface area contributed by atoms with Crippen LogP contribution in [0, 0.1) is 0 Å². The Balaban J connectivity index is 1.44. The smallest absolute Gasteiger partial charge is 0.317 e. The summed E-state index contributed by atoms with van der Waals surface area (Å²) in [7, 11) is 3.64. The van der Waals surface area contributed by atoms with Crippen molar-refractivity contribution >= 4 is 17.9 Å². The lowest BCUT2D eigenvalue weighted by Gasteiger charge is -2.36. The molecule has 1 aromatic rings. The summed E-state index contributed by atoms with van der Waals surface area (Å²) < 4.78 is 5.08. The first-order valence-corrected chi connectivity index (χ1v) is 8.37. The Morgan fingerprint density at radius 1 is 1.33 bits per heavy atom. The zero-order chi connectivity index (χ0) is 17.1. The number of carbonyl (C=O) groups is 2. The summed E-state index contributed by atoms with van der Waals surface area (Å²) in [4.78, 5) is 33.7. The molecular weight excluding hydrogens is 312 g/mol. The highest BCUT2D eigenvalue weighted by Gasteiger charge is 2.31. The number of hydrogen-bond donors (Lipinski definition) is 1. The third-order valence-electron chi connectivity index (χ3n) is 4.55. The standard InChI is InChI=1S/C15H24N6O3/c1-19(2)14-17-12(24-18-14)10-16-15(23)20-8-5-11(6-9-20)21-7-3-4-13(21)22/h11H,3-10H2,1-2H3,(H,16,23). The van der Waals surface area contributed by atoms with Crippen molar-refractivity contribution in [3.8, 4) is 0 Å². The number of urea groups is 1. The highest BCUT2D eigenvalue weighted by molar-refractivity contribution is 5.78. The topological polar surface area (TPSA) is 94.8 Å². The van der Waals surface area contributed by atoms with E-state index in [2.05, 4.69) is 15.5 Å². The van der Waals surface area contributed by atoms with Gasteiger partial charge in [0.05, 0.1) is 6.54 Å². The maximum Gasteiger partial charge on any atom is 0.317 e. The van der Waals surface area contributed by atoms with Gasteiger partial charge in [0.1, 0.15) is 0 Å². The van der Waals surface area contributed by atoms with Crippen LogP contribution in [0.15, 0.2) is 4.52 Å². The fourth-order valence-corrected chi connectivity index (χ4v) is 3.20. The minimum atomic E-state index is -0.134. The Hall–Kier alpha value is -2.32. The van der Waals surface area contributed by atoms with Crippen molar-refractivity contribution in [2.24, 2.45) is 0 Å². The van der Waals surface area contributed by atoms with Crippen LogP contribution in [0.25, 0.3) is 0 Å². The monoisotopic (exact) mass is 336 g/mol. The largest absolute Gasteiger partial charge is 0.344 e. The van der Waals surface area contributed by atoms with Crippen molar-refractivity contribution in [3.63, 3.8) is 0 Å². The van der Waals surface area contributed by atoms with Crippen molar-refractivity contribution in [2.45, 2.75) is 38.3 Å². The second-order valence-corrected chi connectivity index (χ2v) is 6.45. The molecule has 0 spiro atoms. The molecule has 3 heterocycles. The van der Waals surface area contributed by atoms with Crippen molar-refractivity contribution in [1.82, 2.24) is 25.3 Å². The quantitative estimate of drug-likeness (QED) is 0.857. The van der Waals surface area contributed by atoms with Crippen LogP contribution in [0.4, 0.5) is 10.7 Å². The van der Waals surface area contributed by atoms with E-state index in [1.807, 2.05) is 19.0 Å². The number of piperidine rings is 1. The second kappa shape index (κ2) is 7.06. The van der Waals surface area contributed by atoms with Gasteiger partial charge in [0, 0.05) is 46.2 Å². The molecule has 2 aliphatic heterocycles. The maximum atomic E-state index is 12.2. The summed E-state index contributed by atoms with van der Waals surface area (Å²) in [6.07, 6.45) is 3.30. The second-order valence-electron chi connectivity index (χ2n) is 6.45. The Kier molecular flexibility index (Phi) is 4.86. The number of hydrogen-bond acceptors (Lipinski definition) is 6. The van der Waals surface area contributed by atoms with Crippen LogP contribution >= 0.6 is 0 Å². The predicted octanol–water partition coefficient (Wildman–Crippen LogP) is 0.432. The molecule has 0 bridgehead atoms. The lowest BCUT2D eigenvalue weighted by molar-refractivity contribution is -0.130. The van der Waals surface area contributed by atoms with Gasteiger partial charge in [-0.15, -0.1) is 0 Å². The molecule has 0 atom stereocenters. The molecule has 2 fully saturated rings. The van der Waals surface area contributed by atoms with E-state index < -0.39 is 0 Å². The van der Waals surface area contributed by atoms with Crippen LogP contribution in [0.1, 0.15) is 31.6 Å². The van der Waals surface area contributed by atoms with Gasteiger partial charge in [-0.1, -0.05) is 0 Å². The first-order chi connectivity index (χ1) is 11.5. The van der Waals surface area contributed by atoms with E-state index in [1.54, 1.807) is 9.80 Å². The number of anilines is 1. The fourth-order valence-electron chi connectivity index (χ4n) is 3.20. The van der Waals surface area contributed by atoms with Gasteiger partial charge in [-0.05, 0) is 24.4 Å². The van der Waals surface area contributed by atoms with Crippen LogP contribution in [0.5, 0.6) is 0 Å². The van der Waals surface area contributed by atoms with Gasteiger partial charge in [-0.2, -0.15) is 4.98 Å². The van der Waals surface area contributed by atoms with Gasteiger partial charge in [-0.3, -0.25) is 4.79 Å². The summed E-state index contributed by atoms with van der Waals surface area (Å²) in [5.74, 6) is 1.12. The Morgan fingerprint density at radius 2 is 2.08 bits per heavy atom. The summed E-state index contributed by atoms with van der Waals surface area (Å²) in [5, 5.41) is 6.61. The van der Waals surface area contributed by atoms with E-state index >= 15 is 0 Å². The Bertz CT molecular complexity index is 594. The van der Waals surface area contributed by atoms with E-state index in [0.29, 0.717) is 31.3 Å². The lowest BCUT2D eigenvalue weighted by atomic mass is 10.0. The third kappa shape index (κ3) is 3.60. The van der Waals surface area contributed by atoms with E-state index in [9.17, 15) is 9.59 Å². The van der Waals surface area contributed by atoms with Gasteiger partial charge in [0.25, 0.3) is 5.95 Å². The van der Waals surface area contributed by atoms with Gasteiger partial charge >= 0.3 is 6.03 Å². The number of rotatable bonds is 4. The molecular formula is C15H24N6O3. The minimum Gasteiger partial charge on any atom is -0.344 e. The maximum absolute atomic E-state index is 12.2. The van der Waals surface area contributed by atoms with Crippen molar-refractivity contribution in [1.29, 1.82) is 0 Å². The molecule has 0 aliphatic carbocycles. The summed E-state index contributed by atoms with van der Waals surface area (Å²) in [6.45, 7) is 2.39. The zero-order valence-corrected chi connectivity index (χ0v) is 14.2. The molecule has 2 saturated heterocycles. The molecule has 1 N–H and O–H groups in total. The van der Waals surface area contributed by atoms with Crippen molar-refractivity contribution in [2.75, 3.05) is 38.6 Å². The average Bonchev–Trinajstić information content (AvgIpc) is 3.22. The number of nitrogens with zero attached hydrogens (tertiary/aromatic N) is 5. The number of amides is 3. The highest BCUT2D eigenvalue weighted by atomic mass is 16.5. The zero-order valence-electron chi connectivity index (χ0n) is 14.2. The molecule has 0 aromatic carbocycles. The molecule has 2 aliphatic rings. The van der Waals surface area contributed by atoms with E-state index in [0.717, 1.165) is 25.8 Å². The number of aromatic nitrogens is 2. The van der Waals surface area contributed by atoms with E-state index in [1.165, 1.54) is 0 Å². The van der Waals surface area contributed by atoms with Gasteiger partial charge < -0.3 is 24.5 Å². The molecule has 0 radical (unpaired) electrons. The molecule has 3 amide bonds. The molecule has 0 saturated carbocycles. The van der Waals surface area contributed by atoms with Crippen LogP contribution in [0.2, 0.25) is 0 Å². The lowest BCUT2D eigenvalue weighted by Crippen LogP contribution is -2.49. The first-order valence-electron chi connectivity index (χ1n) is 8.37. The molecule has 9 heteroatoms. The van der Waals surface area contributed by atoms with Gasteiger partial charge in [-0.25, -0.2) is 4.79 Å². The summed E-state index contributed by atoms with van der Waals surface area (Å²) >= 11 is 0. The predicted molar refractivity (Wildman–Crippen MR) is 86.4 cm³/mol. The molecule has 1 aromatic heterocycles. The van der Waals surface area contributed by atoms with E-state index in [-0.39, 0.29) is 24.5 Å². The summed E-state index contributed by atoms with van der Waals surface area (Å²) in [5.41, 5.74) is 0. The molecule has 3 rings (SSSR count). The first kappa shape index (κ1) is 16.5. The van der Waals surface area contributed by atoms with Crippen LogP contribution in [0.3, 0.4) is 0 Å². The molecule has 132 valence electrons. The molecule has 0 unspecified atom stereocenters. The highest BCUT2D eigenvalue weighted by Crippen LogP contribution is 2.22. The van der Waals surface area contributed by atoms with Crippen LogP contribution in [-0.4, -0.2) is 71.7 Å². The SMILES string of the molecule is CN(C)c1noc(CNC(=O)N2CCC(N3CCCC3=O)CC2)n1. The fraction of sp³-hybridized carbons (Fsp3) is 0.733. The normalized spacial score (nSPS) is 19.0. The molecule has 9 nitrogen and oxygen atoms in total. The Labute approximate surface area is 141 Å². The number of nitrogens with one attached hydrogen (secondary N) is 1.